The molecule has 0 unspecified atom stereocenters. The van der Waals surface area contributed by atoms with Crippen LogP contribution in [0.3, 0.4) is 0 Å². The summed E-state index contributed by atoms with van der Waals surface area (Å²) in [4.78, 5) is 15.5. The number of carbonyl (C=O) groups excluding carboxylic acids is 1. The number of ether oxygens (including phenoxy) is 1. The number of benzene rings is 1. The van der Waals surface area contributed by atoms with Gasteiger partial charge in [-0.2, -0.15) is 0 Å². The summed E-state index contributed by atoms with van der Waals surface area (Å²) >= 11 is 0. The van der Waals surface area contributed by atoms with E-state index < -0.39 is 0 Å². The second kappa shape index (κ2) is 5.96. The molecule has 1 heterocycles. The van der Waals surface area contributed by atoms with Crippen molar-refractivity contribution in [3.8, 4) is 11.1 Å². The molecule has 0 radical (unpaired) electrons. The number of nitrogens with zero attached hydrogens (tertiary/aromatic N) is 1. The molecular formula is C15H15NO2. The Hall–Kier alpha value is -2.16. The third kappa shape index (κ3) is 3.17. The van der Waals surface area contributed by atoms with E-state index in [-0.39, 0.29) is 5.97 Å². The monoisotopic (exact) mass is 241 g/mol. The number of esters is 1. The van der Waals surface area contributed by atoms with Gasteiger partial charge in [-0.05, 0) is 29.7 Å². The molecule has 0 atom stereocenters. The highest BCUT2D eigenvalue weighted by Gasteiger charge is 2.05. The second-order valence-corrected chi connectivity index (χ2v) is 3.92. The minimum Gasteiger partial charge on any atom is -0.466 e. The Bertz CT molecular complexity index is 523. The van der Waals surface area contributed by atoms with Gasteiger partial charge in [0.2, 0.25) is 0 Å². The molecule has 3 nitrogen and oxygen atoms in total. The fraction of sp³-hybridized carbons (Fsp3) is 0.200. The Kier molecular flexibility index (Phi) is 4.07. The van der Waals surface area contributed by atoms with Crippen molar-refractivity contribution < 1.29 is 9.53 Å². The van der Waals surface area contributed by atoms with Crippen LogP contribution in [0.4, 0.5) is 0 Å². The maximum atomic E-state index is 11.4. The molecule has 2 aromatic rings. The minimum absolute atomic E-state index is 0.194. The van der Waals surface area contributed by atoms with Crippen molar-refractivity contribution in [1.82, 2.24) is 4.98 Å². The van der Waals surface area contributed by atoms with Crippen LogP contribution < -0.4 is 0 Å². The lowest BCUT2D eigenvalue weighted by atomic mass is 10.0. The predicted octanol–water partition coefficient (Wildman–Crippen LogP) is 2.85. The van der Waals surface area contributed by atoms with E-state index in [4.69, 9.17) is 4.74 Å². The van der Waals surface area contributed by atoms with Gasteiger partial charge in [-0.1, -0.05) is 30.3 Å². The molecule has 0 spiro atoms. The van der Waals surface area contributed by atoms with Crippen molar-refractivity contribution in [1.29, 1.82) is 0 Å². The van der Waals surface area contributed by atoms with Crippen LogP contribution >= 0.6 is 0 Å². The topological polar surface area (TPSA) is 39.2 Å². The molecule has 18 heavy (non-hydrogen) atoms. The van der Waals surface area contributed by atoms with Gasteiger partial charge in [0.1, 0.15) is 0 Å². The summed E-state index contributed by atoms with van der Waals surface area (Å²) < 4.78 is 4.94. The van der Waals surface area contributed by atoms with E-state index in [1.54, 1.807) is 6.20 Å². The molecule has 92 valence electrons. The van der Waals surface area contributed by atoms with E-state index in [1.165, 1.54) is 0 Å². The Labute approximate surface area is 106 Å². The van der Waals surface area contributed by atoms with Crippen molar-refractivity contribution in [3.63, 3.8) is 0 Å². The average molecular weight is 241 g/mol. The second-order valence-electron chi connectivity index (χ2n) is 3.92. The van der Waals surface area contributed by atoms with Crippen molar-refractivity contribution in [2.24, 2.45) is 0 Å². The smallest absolute Gasteiger partial charge is 0.310 e. The van der Waals surface area contributed by atoms with Gasteiger partial charge in [0.25, 0.3) is 0 Å². The molecule has 3 heteroatoms. The highest BCUT2D eigenvalue weighted by Crippen LogP contribution is 2.19. The average Bonchev–Trinajstić information content (AvgIpc) is 2.40. The van der Waals surface area contributed by atoms with E-state index in [0.29, 0.717) is 13.0 Å². The Morgan fingerprint density at radius 1 is 1.22 bits per heavy atom. The van der Waals surface area contributed by atoms with Gasteiger partial charge in [-0.3, -0.25) is 9.78 Å². The van der Waals surface area contributed by atoms with Crippen LogP contribution in [0.5, 0.6) is 0 Å². The van der Waals surface area contributed by atoms with E-state index in [1.807, 2.05) is 49.5 Å². The lowest BCUT2D eigenvalue weighted by Gasteiger charge is -2.05. The van der Waals surface area contributed by atoms with Crippen molar-refractivity contribution >= 4 is 5.97 Å². The summed E-state index contributed by atoms with van der Waals surface area (Å²) in [5.74, 6) is -0.194. The van der Waals surface area contributed by atoms with Gasteiger partial charge in [0.05, 0.1) is 13.0 Å². The minimum atomic E-state index is -0.194. The van der Waals surface area contributed by atoms with Crippen LogP contribution in [0.2, 0.25) is 0 Å². The van der Waals surface area contributed by atoms with Gasteiger partial charge >= 0.3 is 5.97 Å². The van der Waals surface area contributed by atoms with Crippen molar-refractivity contribution in [2.75, 3.05) is 6.61 Å². The maximum Gasteiger partial charge on any atom is 0.310 e. The first-order valence-electron chi connectivity index (χ1n) is 5.94. The number of aromatic nitrogens is 1. The predicted molar refractivity (Wildman–Crippen MR) is 70.0 cm³/mol. The van der Waals surface area contributed by atoms with Gasteiger partial charge < -0.3 is 4.74 Å². The van der Waals surface area contributed by atoms with E-state index in [2.05, 4.69) is 4.98 Å². The maximum absolute atomic E-state index is 11.4. The summed E-state index contributed by atoms with van der Waals surface area (Å²) in [6.45, 7) is 2.23. The molecule has 1 aromatic carbocycles. The Morgan fingerprint density at radius 2 is 2.06 bits per heavy atom. The molecular weight excluding hydrogens is 226 g/mol. The largest absolute Gasteiger partial charge is 0.466 e. The van der Waals surface area contributed by atoms with E-state index in [0.717, 1.165) is 16.7 Å². The van der Waals surface area contributed by atoms with E-state index in [9.17, 15) is 4.79 Å². The van der Waals surface area contributed by atoms with Crippen LogP contribution in [0.15, 0.2) is 48.8 Å². The van der Waals surface area contributed by atoms with E-state index >= 15 is 0 Å². The fourth-order valence-corrected chi connectivity index (χ4v) is 1.77. The third-order valence-electron chi connectivity index (χ3n) is 2.58. The number of pyridine rings is 1. The SMILES string of the molecule is CCOC(=O)Cc1cccc(-c2cccnc2)c1. The van der Waals surface area contributed by atoms with Gasteiger partial charge in [0.15, 0.2) is 0 Å². The highest BCUT2D eigenvalue weighted by atomic mass is 16.5. The molecule has 1 aromatic heterocycles. The first kappa shape index (κ1) is 12.3. The lowest BCUT2D eigenvalue weighted by Crippen LogP contribution is -2.07. The van der Waals surface area contributed by atoms with Gasteiger partial charge in [-0.25, -0.2) is 0 Å². The lowest BCUT2D eigenvalue weighted by molar-refractivity contribution is -0.142. The van der Waals surface area contributed by atoms with Crippen LogP contribution in [-0.4, -0.2) is 17.6 Å². The van der Waals surface area contributed by atoms with Gasteiger partial charge in [-0.15, -0.1) is 0 Å². The molecule has 0 aliphatic heterocycles. The Morgan fingerprint density at radius 3 is 2.78 bits per heavy atom. The van der Waals surface area contributed by atoms with Crippen molar-refractivity contribution in [2.45, 2.75) is 13.3 Å². The molecule has 0 amide bonds. The number of carbonyl (C=O) groups is 1. The number of hydrogen-bond donors (Lipinski definition) is 0. The molecule has 0 saturated heterocycles. The quantitative estimate of drug-likeness (QED) is 0.773. The van der Waals surface area contributed by atoms with Crippen LogP contribution in [-0.2, 0) is 16.0 Å². The van der Waals surface area contributed by atoms with Crippen molar-refractivity contribution in [3.05, 3.63) is 54.4 Å². The van der Waals surface area contributed by atoms with Gasteiger partial charge in [0, 0.05) is 12.4 Å². The normalized spacial score (nSPS) is 10.1. The number of hydrogen-bond acceptors (Lipinski definition) is 3. The Balaban J connectivity index is 2.18. The first-order valence-corrected chi connectivity index (χ1v) is 5.94. The molecule has 2 rings (SSSR count). The summed E-state index contributed by atoms with van der Waals surface area (Å²) in [5.41, 5.74) is 3.06. The standard InChI is InChI=1S/C15H15NO2/c1-2-18-15(17)10-12-5-3-6-13(9-12)14-7-4-8-16-11-14/h3-9,11H,2,10H2,1H3. The highest BCUT2D eigenvalue weighted by molar-refractivity contribution is 5.73. The zero-order chi connectivity index (χ0) is 12.8. The van der Waals surface area contributed by atoms with Crippen LogP contribution in [0, 0.1) is 0 Å². The summed E-state index contributed by atoms with van der Waals surface area (Å²) in [6, 6.07) is 11.8. The van der Waals surface area contributed by atoms with Crippen LogP contribution in [0.1, 0.15) is 12.5 Å². The molecule has 0 fully saturated rings. The third-order valence-corrected chi connectivity index (χ3v) is 2.58. The molecule has 0 saturated carbocycles. The fourth-order valence-electron chi connectivity index (χ4n) is 1.77. The summed E-state index contributed by atoms with van der Waals surface area (Å²) in [6.07, 6.45) is 3.86. The molecule has 0 aliphatic rings. The zero-order valence-corrected chi connectivity index (χ0v) is 10.3. The van der Waals surface area contributed by atoms with Crippen LogP contribution in [0.25, 0.3) is 11.1 Å². The molecule has 0 aliphatic carbocycles. The molecule has 0 N–H and O–H groups in total. The molecule has 0 bridgehead atoms. The first-order chi connectivity index (χ1) is 8.79. The number of rotatable bonds is 4. The zero-order valence-electron chi connectivity index (χ0n) is 10.3. The summed E-state index contributed by atoms with van der Waals surface area (Å²) in [7, 11) is 0. The summed E-state index contributed by atoms with van der Waals surface area (Å²) in [5, 5.41) is 0.